The zero-order valence-electron chi connectivity index (χ0n) is 24.3. The summed E-state index contributed by atoms with van der Waals surface area (Å²) in [4.78, 5) is 58.8. The second-order valence-electron chi connectivity index (χ2n) is 9.07. The minimum absolute atomic E-state index is 0. The van der Waals surface area contributed by atoms with E-state index in [1.807, 2.05) is 52.1 Å². The number of carbonyl (C=O) groups excluding carboxylic acids is 4. The molecule has 12 nitrogen and oxygen atoms in total. The first-order valence-electron chi connectivity index (χ1n) is 12.3. The molecule has 0 spiro atoms. The van der Waals surface area contributed by atoms with Crippen LogP contribution in [0.1, 0.15) is 49.4 Å². The van der Waals surface area contributed by atoms with Gasteiger partial charge in [-0.15, -0.1) is 12.4 Å². The van der Waals surface area contributed by atoms with Crippen LogP contribution in [0.3, 0.4) is 0 Å². The third kappa shape index (κ3) is 21.1. The minimum atomic E-state index is -0.713. The molecular weight excluding hydrogens is 607 g/mol. The highest BCUT2D eigenvalue weighted by Gasteiger charge is 2.12. The molecule has 2 heterocycles. The van der Waals surface area contributed by atoms with E-state index >= 15 is 0 Å². The number of carbonyl (C=O) groups is 4. The number of nitrogens with zero attached hydrogens (tertiary/aromatic N) is 5. The first-order chi connectivity index (χ1) is 18.8. The molecule has 0 aliphatic heterocycles. The maximum atomic E-state index is 12.0. The first kappa shape index (κ1) is 43.7. The molecule has 4 N–H and O–H groups in total. The second-order valence-corrected chi connectivity index (χ2v) is 9.76. The fraction of sp³-hybridized carbons (Fsp3) is 0.481. The van der Waals surface area contributed by atoms with Crippen molar-refractivity contribution in [1.29, 1.82) is 0 Å². The van der Waals surface area contributed by atoms with Gasteiger partial charge in [-0.3, -0.25) is 19.2 Å². The number of nitrogens with one attached hydrogen (secondary N) is 2. The summed E-state index contributed by atoms with van der Waals surface area (Å²) in [6, 6.07) is 9.15. The van der Waals surface area contributed by atoms with Crippen molar-refractivity contribution in [2.24, 2.45) is 5.73 Å². The Bertz CT molecular complexity index is 1020. The maximum Gasteiger partial charge on any atom is 0.270 e. The lowest BCUT2D eigenvalue weighted by Crippen LogP contribution is -2.33. The van der Waals surface area contributed by atoms with Crippen LogP contribution in [0.4, 0.5) is 0 Å². The van der Waals surface area contributed by atoms with Crippen LogP contribution < -0.4 is 16.4 Å². The summed E-state index contributed by atoms with van der Waals surface area (Å²) >= 11 is 10.2. The van der Waals surface area contributed by atoms with E-state index < -0.39 is 10.5 Å². The smallest absolute Gasteiger partial charge is 0.270 e. The van der Waals surface area contributed by atoms with Crippen LogP contribution in [0, 0.1) is 0 Å². The predicted molar refractivity (Wildman–Crippen MR) is 172 cm³/mol. The van der Waals surface area contributed by atoms with E-state index in [1.54, 1.807) is 18.2 Å². The molecule has 0 unspecified atom stereocenters. The number of likely N-dealkylation sites (N-methyl/N-ethyl adjacent to an activating group) is 3. The third-order valence-electron chi connectivity index (χ3n) is 4.63. The monoisotopic (exact) mass is 650 g/mol. The van der Waals surface area contributed by atoms with E-state index in [1.165, 1.54) is 18.2 Å². The number of aromatic nitrogens is 2. The van der Waals surface area contributed by atoms with E-state index in [-0.39, 0.29) is 54.4 Å². The van der Waals surface area contributed by atoms with Gasteiger partial charge in [0.15, 0.2) is 0 Å². The van der Waals surface area contributed by atoms with Gasteiger partial charge in [0.25, 0.3) is 22.3 Å². The van der Waals surface area contributed by atoms with Crippen molar-refractivity contribution >= 4 is 57.9 Å². The number of nitrogens with two attached hydrogens (primary N) is 1. The highest BCUT2D eigenvalue weighted by atomic mass is 35.5. The molecule has 0 fully saturated rings. The van der Waals surface area contributed by atoms with Crippen molar-refractivity contribution in [2.45, 2.75) is 7.43 Å². The van der Waals surface area contributed by atoms with Gasteiger partial charge >= 0.3 is 0 Å². The topological polar surface area (TPSA) is 154 Å². The molecule has 2 rings (SSSR count). The average Bonchev–Trinajstić information content (AvgIpc) is 2.89. The summed E-state index contributed by atoms with van der Waals surface area (Å²) in [5.74, 6) is -0.547. The summed E-state index contributed by atoms with van der Waals surface area (Å²) in [5, 5.41) is 4.12. The summed E-state index contributed by atoms with van der Waals surface area (Å²) in [5.41, 5.74) is 5.72. The summed E-state index contributed by atoms with van der Waals surface area (Å²) in [7, 11) is 11.7. The minimum Gasteiger partial charge on any atom is -0.349 e. The van der Waals surface area contributed by atoms with E-state index in [2.05, 4.69) is 25.5 Å². The molecule has 0 bridgehead atoms. The van der Waals surface area contributed by atoms with E-state index in [0.717, 1.165) is 26.2 Å². The maximum absolute atomic E-state index is 12.0. The Morgan fingerprint density at radius 1 is 0.667 bits per heavy atom. The lowest BCUT2D eigenvalue weighted by atomic mass is 10.2. The van der Waals surface area contributed by atoms with Gasteiger partial charge < -0.3 is 31.1 Å². The van der Waals surface area contributed by atoms with Gasteiger partial charge in [0.1, 0.15) is 22.8 Å². The van der Waals surface area contributed by atoms with Crippen LogP contribution >= 0.6 is 35.6 Å². The molecule has 0 radical (unpaired) electrons. The molecule has 42 heavy (non-hydrogen) atoms. The van der Waals surface area contributed by atoms with Crippen molar-refractivity contribution in [2.75, 3.05) is 81.6 Å². The first-order valence-corrected chi connectivity index (χ1v) is 13.1. The number of hydrogen-bond acceptors (Lipinski definition) is 10. The quantitative estimate of drug-likeness (QED) is 0.291. The van der Waals surface area contributed by atoms with Crippen molar-refractivity contribution in [3.8, 4) is 0 Å². The van der Waals surface area contributed by atoms with E-state index in [9.17, 15) is 19.2 Å². The molecule has 2 aromatic heterocycles. The summed E-state index contributed by atoms with van der Waals surface area (Å²) in [6.45, 7) is 4.31. The number of halogens is 3. The molecule has 0 aromatic carbocycles. The number of rotatable bonds is 12. The molecular formula is C27H45Cl3N8O4. The normalized spacial score (nSPS) is 9.81. The molecule has 0 aliphatic carbocycles. The Morgan fingerprint density at radius 2 is 0.976 bits per heavy atom. The van der Waals surface area contributed by atoms with Gasteiger partial charge in [0.2, 0.25) is 0 Å². The molecule has 238 valence electrons. The second kappa shape index (κ2) is 24.8. The van der Waals surface area contributed by atoms with Crippen LogP contribution in [-0.2, 0) is 0 Å². The molecule has 0 saturated heterocycles. The van der Waals surface area contributed by atoms with Crippen LogP contribution in [0.2, 0.25) is 0 Å². The summed E-state index contributed by atoms with van der Waals surface area (Å²) < 4.78 is 0. The Morgan fingerprint density at radius 3 is 1.24 bits per heavy atom. The van der Waals surface area contributed by atoms with Crippen LogP contribution in [0.25, 0.3) is 0 Å². The standard InChI is InChI=1S/C15H25N5O2.C7H3Cl2NO2.C4H12N2.CH4.ClH/c1-19(2)10-8-16-14(21)12-6-5-7-13(18-12)15(22)17-9-11-20(3)4;8-6(11)4-2-1-3-5(10-4)7(9)12;1-6(2)4-3-5;;/h5-7H,8-11H2,1-4H3,(H,16,21)(H,17,22);1-3H;3-5H2,1-2H3;1H4;1H. The molecule has 0 atom stereocenters. The van der Waals surface area contributed by atoms with Gasteiger partial charge in [-0.05, 0) is 89.8 Å². The fourth-order valence-electron chi connectivity index (χ4n) is 2.57. The van der Waals surface area contributed by atoms with E-state index in [4.69, 9.17) is 28.9 Å². The summed E-state index contributed by atoms with van der Waals surface area (Å²) in [6.07, 6.45) is 0. The molecule has 0 aliphatic rings. The van der Waals surface area contributed by atoms with Gasteiger partial charge in [-0.25, -0.2) is 9.97 Å². The van der Waals surface area contributed by atoms with Gasteiger partial charge in [-0.1, -0.05) is 19.6 Å². The van der Waals surface area contributed by atoms with Crippen molar-refractivity contribution < 1.29 is 19.2 Å². The Balaban J connectivity index is -0.000000639. The zero-order valence-corrected chi connectivity index (χ0v) is 26.6. The number of hydrogen-bond donors (Lipinski definition) is 3. The van der Waals surface area contributed by atoms with Crippen molar-refractivity contribution in [3.05, 3.63) is 59.2 Å². The molecule has 2 aromatic rings. The lowest BCUT2D eigenvalue weighted by Gasteiger charge is -2.11. The highest BCUT2D eigenvalue weighted by molar-refractivity contribution is 6.68. The highest BCUT2D eigenvalue weighted by Crippen LogP contribution is 2.05. The third-order valence-corrected chi connectivity index (χ3v) is 5.02. The lowest BCUT2D eigenvalue weighted by molar-refractivity contribution is 0.0940. The Hall–Kier alpha value is -2.71. The largest absolute Gasteiger partial charge is 0.349 e. The van der Waals surface area contributed by atoms with Gasteiger partial charge in [0.05, 0.1) is 0 Å². The molecule has 15 heteroatoms. The van der Waals surface area contributed by atoms with Crippen LogP contribution in [-0.4, -0.2) is 129 Å². The SMILES string of the molecule is C.CN(C)CCN.CN(C)CCNC(=O)c1cccc(C(=O)NCCN(C)C)n1.Cl.O=C(Cl)c1cccc(C(=O)Cl)n1. The van der Waals surface area contributed by atoms with Crippen molar-refractivity contribution in [1.82, 2.24) is 35.3 Å². The zero-order chi connectivity index (χ0) is 30.7. The molecule has 0 saturated carbocycles. The molecule has 2 amide bonds. The Labute approximate surface area is 265 Å². The average molecular weight is 652 g/mol. The number of pyridine rings is 2. The Kier molecular flexibility index (Phi) is 25.9. The number of amides is 2. The predicted octanol–water partition coefficient (Wildman–Crippen LogP) is 2.07. The fourth-order valence-corrected chi connectivity index (χ4v) is 2.78. The van der Waals surface area contributed by atoms with Gasteiger partial charge in [-0.2, -0.15) is 0 Å². The van der Waals surface area contributed by atoms with Gasteiger partial charge in [0, 0.05) is 39.3 Å². The van der Waals surface area contributed by atoms with Crippen LogP contribution in [0.5, 0.6) is 0 Å². The van der Waals surface area contributed by atoms with E-state index in [0.29, 0.717) is 13.1 Å². The van der Waals surface area contributed by atoms with Crippen molar-refractivity contribution in [3.63, 3.8) is 0 Å². The van der Waals surface area contributed by atoms with Crippen LogP contribution in [0.15, 0.2) is 36.4 Å².